The van der Waals surface area contributed by atoms with Gasteiger partial charge in [0.2, 0.25) is 5.91 Å². The molecule has 3 rings (SSSR count). The van der Waals surface area contributed by atoms with E-state index in [0.717, 1.165) is 24.1 Å². The molecule has 0 saturated carbocycles. The second-order valence-electron chi connectivity index (χ2n) is 6.23. The van der Waals surface area contributed by atoms with Crippen molar-refractivity contribution in [3.63, 3.8) is 0 Å². The molecule has 144 valence electrons. The normalized spacial score (nSPS) is 10.5. The van der Waals surface area contributed by atoms with Gasteiger partial charge in [-0.25, -0.2) is 14.8 Å². The van der Waals surface area contributed by atoms with E-state index in [1.54, 1.807) is 18.3 Å². The summed E-state index contributed by atoms with van der Waals surface area (Å²) in [7, 11) is 0. The molecule has 3 N–H and O–H groups in total. The fraction of sp³-hybridized carbons (Fsp3) is 0.250. The van der Waals surface area contributed by atoms with Gasteiger partial charge in [-0.05, 0) is 25.0 Å². The number of pyridine rings is 1. The molecule has 0 unspecified atom stereocenters. The fourth-order valence-electron chi connectivity index (χ4n) is 2.59. The van der Waals surface area contributed by atoms with Crippen molar-refractivity contribution in [1.82, 2.24) is 25.6 Å². The topological polar surface area (TPSA) is 109 Å². The van der Waals surface area contributed by atoms with Crippen molar-refractivity contribution < 1.29 is 9.59 Å². The van der Waals surface area contributed by atoms with Gasteiger partial charge >= 0.3 is 6.03 Å². The molecule has 1 aromatic carbocycles. The minimum absolute atomic E-state index is 0.0494. The Morgan fingerprint density at radius 2 is 1.68 bits per heavy atom. The first-order valence-electron chi connectivity index (χ1n) is 9.10. The monoisotopic (exact) mass is 378 g/mol. The molecule has 8 heteroatoms. The smallest absolute Gasteiger partial charge is 0.320 e. The molecule has 3 amide bonds. The van der Waals surface area contributed by atoms with Gasteiger partial charge in [0, 0.05) is 25.6 Å². The summed E-state index contributed by atoms with van der Waals surface area (Å²) in [6.45, 7) is 2.60. The van der Waals surface area contributed by atoms with E-state index in [4.69, 9.17) is 0 Å². The van der Waals surface area contributed by atoms with Crippen LogP contribution < -0.4 is 16.0 Å². The maximum absolute atomic E-state index is 12.0. The highest BCUT2D eigenvalue weighted by Crippen LogP contribution is 2.18. The molecule has 28 heavy (non-hydrogen) atoms. The number of amides is 3. The van der Waals surface area contributed by atoms with Crippen molar-refractivity contribution in [2.24, 2.45) is 0 Å². The lowest BCUT2D eigenvalue weighted by Gasteiger charge is -2.08. The number of carbonyl (C=O) groups is 2. The number of benzene rings is 1. The maximum Gasteiger partial charge on any atom is 0.320 e. The van der Waals surface area contributed by atoms with Crippen LogP contribution >= 0.6 is 0 Å². The molecule has 0 aliphatic carbocycles. The second-order valence-corrected chi connectivity index (χ2v) is 6.23. The molecule has 0 spiro atoms. The number of rotatable bonds is 7. The van der Waals surface area contributed by atoms with E-state index in [1.165, 1.54) is 6.92 Å². The highest BCUT2D eigenvalue weighted by atomic mass is 16.2. The van der Waals surface area contributed by atoms with Gasteiger partial charge in [-0.2, -0.15) is 0 Å². The summed E-state index contributed by atoms with van der Waals surface area (Å²) in [6, 6.07) is 12.9. The number of fused-ring (bicyclic) bond motifs is 1. The van der Waals surface area contributed by atoms with Crippen LogP contribution in [0.15, 0.2) is 48.7 Å². The average Bonchev–Trinajstić information content (AvgIpc) is 2.70. The Labute approximate surface area is 162 Å². The molecule has 0 atom stereocenters. The summed E-state index contributed by atoms with van der Waals surface area (Å²) in [6.07, 6.45) is 3.27. The van der Waals surface area contributed by atoms with Crippen molar-refractivity contribution in [2.45, 2.75) is 19.8 Å². The van der Waals surface area contributed by atoms with Gasteiger partial charge < -0.3 is 10.6 Å². The van der Waals surface area contributed by atoms with Crippen LogP contribution in [-0.2, 0) is 4.79 Å². The highest BCUT2D eigenvalue weighted by molar-refractivity contribution is 5.89. The van der Waals surface area contributed by atoms with Crippen molar-refractivity contribution in [3.8, 4) is 11.3 Å². The lowest BCUT2D eigenvalue weighted by Crippen LogP contribution is -2.30. The number of urea groups is 1. The lowest BCUT2D eigenvalue weighted by atomic mass is 10.2. The first-order valence-corrected chi connectivity index (χ1v) is 9.10. The molecular formula is C20H22N6O2. The summed E-state index contributed by atoms with van der Waals surface area (Å²) in [4.78, 5) is 36.1. The average molecular weight is 378 g/mol. The zero-order valence-corrected chi connectivity index (χ0v) is 15.6. The second kappa shape index (κ2) is 9.40. The number of nitrogens with one attached hydrogen (secondary N) is 3. The summed E-state index contributed by atoms with van der Waals surface area (Å²) in [5.41, 5.74) is 2.80. The third kappa shape index (κ3) is 5.47. The van der Waals surface area contributed by atoms with Crippen LogP contribution in [0.2, 0.25) is 0 Å². The van der Waals surface area contributed by atoms with Gasteiger partial charge in [0.05, 0.1) is 11.9 Å². The van der Waals surface area contributed by atoms with Crippen molar-refractivity contribution >= 4 is 28.9 Å². The van der Waals surface area contributed by atoms with Crippen LogP contribution in [0.25, 0.3) is 22.4 Å². The first-order chi connectivity index (χ1) is 13.6. The molecule has 0 radical (unpaired) electrons. The largest absolute Gasteiger partial charge is 0.356 e. The molecule has 0 bridgehead atoms. The van der Waals surface area contributed by atoms with Gasteiger partial charge in [-0.15, -0.1) is 0 Å². The predicted molar refractivity (Wildman–Crippen MR) is 108 cm³/mol. The zero-order chi connectivity index (χ0) is 19.8. The third-order valence-corrected chi connectivity index (χ3v) is 3.98. The number of anilines is 1. The molecule has 0 aliphatic rings. The zero-order valence-electron chi connectivity index (χ0n) is 15.6. The summed E-state index contributed by atoms with van der Waals surface area (Å²) in [5, 5.41) is 8.19. The molecule has 3 aromatic rings. The summed E-state index contributed by atoms with van der Waals surface area (Å²) in [5.74, 6) is 0.356. The molecule has 2 aromatic heterocycles. The van der Waals surface area contributed by atoms with Crippen LogP contribution in [0.4, 0.5) is 10.6 Å². The third-order valence-electron chi connectivity index (χ3n) is 3.98. The van der Waals surface area contributed by atoms with Crippen LogP contribution in [-0.4, -0.2) is 40.0 Å². The summed E-state index contributed by atoms with van der Waals surface area (Å²) >= 11 is 0. The van der Waals surface area contributed by atoms with Gasteiger partial charge in [0.15, 0.2) is 5.65 Å². The highest BCUT2D eigenvalue weighted by Gasteiger charge is 2.07. The Hall–Kier alpha value is -3.55. The Bertz CT molecular complexity index is 961. The van der Waals surface area contributed by atoms with E-state index in [-0.39, 0.29) is 11.9 Å². The Morgan fingerprint density at radius 1 is 0.929 bits per heavy atom. The van der Waals surface area contributed by atoms with Gasteiger partial charge in [-0.1, -0.05) is 30.3 Å². The Morgan fingerprint density at radius 3 is 2.43 bits per heavy atom. The van der Waals surface area contributed by atoms with E-state index < -0.39 is 0 Å². The number of hydrogen-bond acceptors (Lipinski definition) is 5. The molecule has 0 aliphatic heterocycles. The fourth-order valence-corrected chi connectivity index (χ4v) is 2.59. The van der Waals surface area contributed by atoms with Crippen molar-refractivity contribution in [2.75, 3.05) is 18.4 Å². The van der Waals surface area contributed by atoms with Crippen molar-refractivity contribution in [1.29, 1.82) is 0 Å². The van der Waals surface area contributed by atoms with E-state index in [9.17, 15) is 9.59 Å². The molecular weight excluding hydrogens is 356 g/mol. The van der Waals surface area contributed by atoms with Crippen molar-refractivity contribution in [3.05, 3.63) is 48.7 Å². The predicted octanol–water partition coefficient (Wildman–Crippen LogP) is 2.73. The standard InChI is InChI=1S/C20H22N6O2/c1-14(27)21-11-5-6-12-22-20(28)26-18-10-9-16-19(25-18)24-17(13-23-16)15-7-3-2-4-8-15/h2-4,7-10,13H,5-6,11-12H2,1H3,(H,21,27)(H2,22,24,25,26,28). The molecule has 0 saturated heterocycles. The number of unbranched alkanes of at least 4 members (excludes halogenated alkanes) is 1. The van der Waals surface area contributed by atoms with Crippen LogP contribution in [0.3, 0.4) is 0 Å². The Balaban J connectivity index is 1.57. The van der Waals surface area contributed by atoms with E-state index in [0.29, 0.717) is 30.1 Å². The van der Waals surface area contributed by atoms with E-state index in [1.807, 2.05) is 30.3 Å². The number of carbonyl (C=O) groups excluding carboxylic acids is 2. The molecule has 2 heterocycles. The lowest BCUT2D eigenvalue weighted by molar-refractivity contribution is -0.118. The van der Waals surface area contributed by atoms with Crippen LogP contribution in [0, 0.1) is 0 Å². The minimum atomic E-state index is -0.335. The number of aromatic nitrogens is 3. The first kappa shape index (κ1) is 19.2. The molecule has 8 nitrogen and oxygen atoms in total. The van der Waals surface area contributed by atoms with Gasteiger partial charge in [-0.3, -0.25) is 15.1 Å². The number of hydrogen-bond donors (Lipinski definition) is 3. The minimum Gasteiger partial charge on any atom is -0.356 e. The van der Waals surface area contributed by atoms with Crippen LogP contribution in [0.1, 0.15) is 19.8 Å². The SMILES string of the molecule is CC(=O)NCCCCNC(=O)Nc1ccc2ncc(-c3ccccc3)nc2n1. The molecule has 0 fully saturated rings. The number of nitrogens with zero attached hydrogens (tertiary/aromatic N) is 3. The maximum atomic E-state index is 12.0. The van der Waals surface area contributed by atoms with E-state index in [2.05, 4.69) is 30.9 Å². The van der Waals surface area contributed by atoms with Gasteiger partial charge in [0.25, 0.3) is 0 Å². The van der Waals surface area contributed by atoms with Crippen LogP contribution in [0.5, 0.6) is 0 Å². The van der Waals surface area contributed by atoms with Gasteiger partial charge in [0.1, 0.15) is 11.3 Å². The van der Waals surface area contributed by atoms with E-state index >= 15 is 0 Å². The summed E-state index contributed by atoms with van der Waals surface area (Å²) < 4.78 is 0. The Kier molecular flexibility index (Phi) is 6.46. The quantitative estimate of drug-likeness (QED) is 0.548.